The molecule has 0 spiro atoms. The first-order chi connectivity index (χ1) is 0. The quantitative estimate of drug-likeness (QED) is 0.386. The molecule has 0 aliphatic rings. The van der Waals surface area contributed by atoms with Gasteiger partial charge in [0.2, 0.25) is 0 Å². The minimum absolute atomic E-state index is 0. The van der Waals surface area contributed by atoms with Gasteiger partial charge in [0.15, 0.2) is 0 Å². The molecule has 0 aromatic rings. The van der Waals surface area contributed by atoms with Gasteiger partial charge in [-0.05, 0) is 0 Å². The molecule has 0 saturated carbocycles. The Kier molecular flexibility index (Phi) is 1520. The van der Waals surface area contributed by atoms with Crippen LogP contribution in [0.3, 0.4) is 0 Å². The normalized spacial score (nSPS) is 0. The summed E-state index contributed by atoms with van der Waals surface area (Å²) < 4.78 is 0. The molecule has 0 aliphatic heterocycles. The summed E-state index contributed by atoms with van der Waals surface area (Å²) in [6, 6.07) is 0. The van der Waals surface area contributed by atoms with Gasteiger partial charge in [-0.3, -0.25) is 0 Å². The van der Waals surface area contributed by atoms with Crippen LogP contribution in [0.1, 0.15) is 0 Å². The van der Waals surface area contributed by atoms with E-state index in [-0.39, 0.29) is 57.1 Å². The van der Waals surface area contributed by atoms with E-state index in [0.717, 1.165) is 0 Å². The molecule has 0 heterocycles. The summed E-state index contributed by atoms with van der Waals surface area (Å²) in [4.78, 5) is 0. The van der Waals surface area contributed by atoms with Crippen molar-refractivity contribution in [2.75, 3.05) is 0 Å². The Morgan fingerprint density at radius 3 is 0.600 bits per heavy atom. The van der Waals surface area contributed by atoms with Crippen LogP contribution in [0, 0.1) is 0 Å². The molecule has 0 bridgehead atoms. The topological polar surface area (TPSA) is 85.5 Å². The van der Waals surface area contributed by atoms with Crippen molar-refractivity contribution < 1.29 is 16.4 Å². The van der Waals surface area contributed by atoms with Crippen LogP contribution >= 0.6 is 0 Å². The third-order valence-corrected chi connectivity index (χ3v) is 0. The van der Waals surface area contributed by atoms with Gasteiger partial charge in [-0.15, -0.1) is 0 Å². The molecule has 0 saturated heterocycles. The predicted molar refractivity (Wildman–Crippen MR) is 13.6 cm³/mol. The summed E-state index contributed by atoms with van der Waals surface area (Å²) in [5.41, 5.74) is 0. The molecular weight excluding hydrogens is 145 g/mol. The van der Waals surface area contributed by atoms with Crippen LogP contribution in [0.2, 0.25) is 0 Å². The van der Waals surface area contributed by atoms with E-state index >= 15 is 0 Å². The van der Waals surface area contributed by atoms with Gasteiger partial charge >= 0.3 is 40.6 Å². The van der Waals surface area contributed by atoms with E-state index in [1.807, 2.05) is 0 Å². The summed E-state index contributed by atoms with van der Waals surface area (Å²) in [6.45, 7) is 0. The summed E-state index contributed by atoms with van der Waals surface area (Å²) in [5.74, 6) is 0. The van der Waals surface area contributed by atoms with E-state index in [4.69, 9.17) is 0 Å². The summed E-state index contributed by atoms with van der Waals surface area (Å²) in [6.07, 6.45) is 0. The zero-order valence-electron chi connectivity index (χ0n) is 2.43. The third kappa shape index (κ3) is 37.3. The average Bonchev–Trinajstić information content (AvgIpc) is 0. The van der Waals surface area contributed by atoms with Crippen molar-refractivity contribution in [1.82, 2.24) is 0 Å². The Bertz CT molecular complexity index is 6.85. The van der Waals surface area contributed by atoms with Gasteiger partial charge in [0.25, 0.3) is 0 Å². The Morgan fingerprint density at radius 2 is 0.600 bits per heavy atom. The van der Waals surface area contributed by atoms with Crippen LogP contribution in [0.15, 0.2) is 0 Å². The van der Waals surface area contributed by atoms with Crippen LogP contribution < -0.4 is 0 Å². The van der Waals surface area contributed by atoms with E-state index in [0.29, 0.717) is 0 Å². The van der Waals surface area contributed by atoms with Gasteiger partial charge in [0.1, 0.15) is 0 Å². The predicted octanol–water partition coefficient (Wildman–Crippen LogP) is -1.12. The van der Waals surface area contributed by atoms with E-state index in [1.165, 1.54) is 0 Å². The third-order valence-electron chi connectivity index (χ3n) is 0. The van der Waals surface area contributed by atoms with Crippen LogP contribution in [0.25, 0.3) is 0 Å². The Balaban J connectivity index is 0. The largest absolute Gasteiger partial charge is 4.00 e. The van der Waals surface area contributed by atoms with Gasteiger partial charge in [-0.1, -0.05) is 0 Å². The maximum absolute atomic E-state index is 0. The molecule has 0 fully saturated rings. The molecule has 0 rings (SSSR count). The first-order valence-electron chi connectivity index (χ1n) is 0. The van der Waals surface area contributed by atoms with Gasteiger partial charge in [-0.2, -0.15) is 0 Å². The molecule has 0 aliphatic carbocycles. The number of hydrogen-bond donors (Lipinski definition) is 0. The summed E-state index contributed by atoms with van der Waals surface area (Å²) in [5, 5.41) is 0. The Labute approximate surface area is 57.2 Å². The fourth-order valence-electron chi connectivity index (χ4n) is 0. The van der Waals surface area contributed by atoms with Crippen LogP contribution in [0.4, 0.5) is 0 Å². The molecule has 0 aromatic carbocycles. The van der Waals surface area contributed by atoms with E-state index in [1.54, 1.807) is 0 Å². The molecule has 24 valence electrons. The molecule has 3 nitrogen and oxygen atoms in total. The van der Waals surface area contributed by atoms with Gasteiger partial charge < -0.3 is 16.4 Å². The molecule has 0 radical (unpaired) electrons. The first-order valence-corrected chi connectivity index (χ1v) is 0. The summed E-state index contributed by atoms with van der Waals surface area (Å²) >= 11 is 0. The average molecular weight is 145 g/mol. The van der Waals surface area contributed by atoms with Crippen molar-refractivity contribution in [3.63, 3.8) is 0 Å². The smallest absolute Gasteiger partial charge is 2.00 e. The minimum atomic E-state index is 0. The molecule has 5 heteroatoms. The van der Waals surface area contributed by atoms with E-state index < -0.39 is 0 Å². The van der Waals surface area contributed by atoms with Gasteiger partial charge in [-0.25, -0.2) is 0 Å². The van der Waals surface area contributed by atoms with Crippen LogP contribution in [-0.4, -0.2) is 40.6 Å². The number of rotatable bonds is 0. The molecule has 0 atom stereocenters. The molecule has 0 amide bonds. The zero-order chi connectivity index (χ0) is 0. The number of hydrogen-bond acceptors (Lipinski definition) is 0. The van der Waals surface area contributed by atoms with Crippen LogP contribution in [-0.2, 0) is 16.4 Å². The molecule has 0 unspecified atom stereocenters. The summed E-state index contributed by atoms with van der Waals surface area (Å²) in [7, 11) is 0. The maximum atomic E-state index is 0. The van der Waals surface area contributed by atoms with Crippen molar-refractivity contribution in [2.45, 2.75) is 0 Å². The Hall–Kier alpha value is 1.19. The Morgan fingerprint density at radius 1 is 0.600 bits per heavy atom. The fourth-order valence-corrected chi connectivity index (χ4v) is 0. The van der Waals surface area contributed by atoms with E-state index in [9.17, 15) is 0 Å². The SMILES string of the molecule is [Ge+4].[Mg+2].[O-2].[O-2].[O-2]. The fraction of sp³-hybridized carbons (Fsp3) is 0. The van der Waals surface area contributed by atoms with E-state index in [2.05, 4.69) is 0 Å². The van der Waals surface area contributed by atoms with Crippen molar-refractivity contribution in [3.8, 4) is 0 Å². The maximum Gasteiger partial charge on any atom is 4.00 e. The van der Waals surface area contributed by atoms with Crippen molar-refractivity contribution >= 4 is 40.6 Å². The van der Waals surface area contributed by atoms with Gasteiger partial charge in [0.05, 0.1) is 0 Å². The monoisotopic (exact) mass is 146 g/mol. The second-order valence-electron chi connectivity index (χ2n) is 0. The van der Waals surface area contributed by atoms with Crippen molar-refractivity contribution in [1.29, 1.82) is 0 Å². The van der Waals surface area contributed by atoms with Crippen LogP contribution in [0.5, 0.6) is 0 Å². The molecular formula is GeMgO3. The molecule has 5 heavy (non-hydrogen) atoms. The second-order valence-corrected chi connectivity index (χ2v) is 0. The zero-order valence-corrected chi connectivity index (χ0v) is 5.94. The first kappa shape index (κ1) is 118. The second kappa shape index (κ2) is 64.4. The minimum Gasteiger partial charge on any atom is -2.00 e. The van der Waals surface area contributed by atoms with Gasteiger partial charge in [0, 0.05) is 0 Å². The van der Waals surface area contributed by atoms with Crippen molar-refractivity contribution in [3.05, 3.63) is 0 Å². The molecule has 0 aromatic heterocycles. The van der Waals surface area contributed by atoms with Crippen molar-refractivity contribution in [2.24, 2.45) is 0 Å². The molecule has 0 N–H and O–H groups in total. The standard InChI is InChI=1S/Ge.Mg.3O/q+4;+2;3*-2.